The van der Waals surface area contributed by atoms with Crippen LogP contribution in [0.2, 0.25) is 0 Å². The van der Waals surface area contributed by atoms with E-state index in [0.717, 1.165) is 5.56 Å². The van der Waals surface area contributed by atoms with Gasteiger partial charge in [-0.3, -0.25) is 14.9 Å². The Morgan fingerprint density at radius 1 is 1.28 bits per heavy atom. The molecule has 1 amide bonds. The van der Waals surface area contributed by atoms with Crippen LogP contribution in [0.4, 0.5) is 5.69 Å². The summed E-state index contributed by atoms with van der Waals surface area (Å²) in [6.45, 7) is 2.40. The van der Waals surface area contributed by atoms with Crippen LogP contribution in [-0.4, -0.2) is 15.7 Å². The number of nitrogens with zero attached hydrogens (tertiary/aromatic N) is 2. The third-order valence-corrected chi connectivity index (χ3v) is 4.54. The molecule has 0 spiro atoms. The van der Waals surface area contributed by atoms with Crippen molar-refractivity contribution < 1.29 is 14.1 Å². The molecule has 0 aliphatic heterocycles. The lowest BCUT2D eigenvalue weighted by Crippen LogP contribution is -2.30. The first-order chi connectivity index (χ1) is 12.0. The lowest BCUT2D eigenvalue weighted by atomic mass is 10.1. The molecule has 0 bridgehead atoms. The highest BCUT2D eigenvalue weighted by molar-refractivity contribution is 7.07. The van der Waals surface area contributed by atoms with E-state index in [0.29, 0.717) is 30.0 Å². The van der Waals surface area contributed by atoms with Gasteiger partial charge in [-0.05, 0) is 53.6 Å². The van der Waals surface area contributed by atoms with Crippen molar-refractivity contribution in [3.63, 3.8) is 0 Å². The normalized spacial score (nSPS) is 10.6. The number of rotatable bonds is 6. The van der Waals surface area contributed by atoms with E-state index >= 15 is 0 Å². The number of carbonyl (C=O) groups excluding carboxylic acids is 1. The minimum Gasteiger partial charge on any atom is -0.467 e. The molecule has 0 saturated carbocycles. The fraction of sp³-hybridized carbons (Fsp3) is 0.167. The van der Waals surface area contributed by atoms with Crippen molar-refractivity contribution in [3.05, 3.63) is 86.0 Å². The van der Waals surface area contributed by atoms with E-state index in [2.05, 4.69) is 0 Å². The molecule has 3 rings (SSSR count). The maximum Gasteiger partial charge on any atom is 0.272 e. The molecule has 2 heterocycles. The van der Waals surface area contributed by atoms with Crippen molar-refractivity contribution in [1.29, 1.82) is 0 Å². The molecule has 0 aliphatic carbocycles. The highest BCUT2D eigenvalue weighted by atomic mass is 32.1. The monoisotopic (exact) mass is 356 g/mol. The Morgan fingerprint density at radius 3 is 2.72 bits per heavy atom. The van der Waals surface area contributed by atoms with E-state index < -0.39 is 4.92 Å². The van der Waals surface area contributed by atoms with E-state index in [4.69, 9.17) is 4.42 Å². The van der Waals surface area contributed by atoms with Gasteiger partial charge in [0.2, 0.25) is 0 Å². The molecule has 1 aromatic carbocycles. The topological polar surface area (TPSA) is 76.6 Å². The van der Waals surface area contributed by atoms with Crippen LogP contribution in [0.15, 0.2) is 57.8 Å². The summed E-state index contributed by atoms with van der Waals surface area (Å²) in [4.78, 5) is 25.1. The van der Waals surface area contributed by atoms with Crippen LogP contribution in [0, 0.1) is 17.0 Å². The van der Waals surface area contributed by atoms with Gasteiger partial charge in [0.05, 0.1) is 17.7 Å². The lowest BCUT2D eigenvalue weighted by Gasteiger charge is -2.21. The summed E-state index contributed by atoms with van der Waals surface area (Å²) in [7, 11) is 0. The summed E-state index contributed by atoms with van der Waals surface area (Å²) in [5.41, 5.74) is 1.92. The van der Waals surface area contributed by atoms with Gasteiger partial charge in [-0.2, -0.15) is 11.3 Å². The second-order valence-corrected chi connectivity index (χ2v) is 6.41. The van der Waals surface area contributed by atoms with Crippen LogP contribution in [0.25, 0.3) is 0 Å². The summed E-state index contributed by atoms with van der Waals surface area (Å²) in [6.07, 6.45) is 1.57. The molecular formula is C18H16N2O4S. The third-order valence-electron chi connectivity index (χ3n) is 3.81. The molecule has 0 saturated heterocycles. The van der Waals surface area contributed by atoms with Crippen molar-refractivity contribution >= 4 is 22.9 Å². The maximum absolute atomic E-state index is 12.9. The van der Waals surface area contributed by atoms with E-state index in [-0.39, 0.29) is 11.6 Å². The summed E-state index contributed by atoms with van der Waals surface area (Å²) in [5, 5.41) is 14.9. The zero-order valence-corrected chi connectivity index (χ0v) is 14.4. The van der Waals surface area contributed by atoms with Gasteiger partial charge in [0, 0.05) is 23.7 Å². The summed E-state index contributed by atoms with van der Waals surface area (Å²) in [5.74, 6) is 0.489. The Morgan fingerprint density at radius 2 is 2.12 bits per heavy atom. The standard InChI is InChI=1S/C18H16N2O4S/c1-13-9-15(4-5-17(13)20(22)23)18(21)19(10-14-6-8-25-12-14)11-16-3-2-7-24-16/h2-9,12H,10-11H2,1H3. The van der Waals surface area contributed by atoms with Crippen LogP contribution >= 0.6 is 11.3 Å². The van der Waals surface area contributed by atoms with E-state index in [1.54, 1.807) is 41.6 Å². The third kappa shape index (κ3) is 3.95. The fourth-order valence-corrected chi connectivity index (χ4v) is 3.23. The van der Waals surface area contributed by atoms with Gasteiger partial charge in [-0.15, -0.1) is 0 Å². The molecule has 0 unspecified atom stereocenters. The van der Waals surface area contributed by atoms with Gasteiger partial charge in [-0.25, -0.2) is 0 Å². The van der Waals surface area contributed by atoms with Crippen molar-refractivity contribution in [3.8, 4) is 0 Å². The summed E-state index contributed by atoms with van der Waals surface area (Å²) < 4.78 is 5.36. The molecule has 6 nitrogen and oxygen atoms in total. The second kappa shape index (κ2) is 7.31. The smallest absolute Gasteiger partial charge is 0.272 e. The van der Waals surface area contributed by atoms with Crippen molar-refractivity contribution in [2.24, 2.45) is 0 Å². The van der Waals surface area contributed by atoms with Crippen LogP contribution in [-0.2, 0) is 13.1 Å². The molecule has 2 aromatic heterocycles. The Labute approximate surface area is 148 Å². The van der Waals surface area contributed by atoms with Crippen LogP contribution < -0.4 is 0 Å². The van der Waals surface area contributed by atoms with Crippen molar-refractivity contribution in [2.45, 2.75) is 20.0 Å². The van der Waals surface area contributed by atoms with Crippen LogP contribution in [0.5, 0.6) is 0 Å². The largest absolute Gasteiger partial charge is 0.467 e. The molecule has 0 radical (unpaired) electrons. The first-order valence-electron chi connectivity index (χ1n) is 7.62. The number of amides is 1. The highest BCUT2D eigenvalue weighted by Crippen LogP contribution is 2.21. The average Bonchev–Trinajstić information content (AvgIpc) is 3.27. The molecule has 0 aliphatic rings. The number of thiophene rings is 1. The molecular weight excluding hydrogens is 340 g/mol. The summed E-state index contributed by atoms with van der Waals surface area (Å²) >= 11 is 1.57. The Hall–Kier alpha value is -2.93. The van der Waals surface area contributed by atoms with E-state index in [9.17, 15) is 14.9 Å². The van der Waals surface area contributed by atoms with Gasteiger partial charge in [0.1, 0.15) is 5.76 Å². The zero-order valence-electron chi connectivity index (χ0n) is 13.5. The Balaban J connectivity index is 1.87. The zero-order chi connectivity index (χ0) is 17.8. The molecule has 0 N–H and O–H groups in total. The number of furan rings is 1. The highest BCUT2D eigenvalue weighted by Gasteiger charge is 2.20. The van der Waals surface area contributed by atoms with Crippen molar-refractivity contribution in [2.75, 3.05) is 0 Å². The van der Waals surface area contributed by atoms with Crippen LogP contribution in [0.3, 0.4) is 0 Å². The van der Waals surface area contributed by atoms with Gasteiger partial charge in [-0.1, -0.05) is 0 Å². The number of nitro benzene ring substituents is 1. The predicted molar refractivity (Wildman–Crippen MR) is 94.4 cm³/mol. The number of benzene rings is 1. The molecule has 7 heteroatoms. The van der Waals surface area contributed by atoms with Crippen LogP contribution in [0.1, 0.15) is 27.2 Å². The minimum absolute atomic E-state index is 0.00645. The number of nitro groups is 1. The molecule has 0 atom stereocenters. The number of hydrogen-bond donors (Lipinski definition) is 0. The number of carbonyl (C=O) groups is 1. The second-order valence-electron chi connectivity index (χ2n) is 5.63. The molecule has 128 valence electrons. The molecule has 0 fully saturated rings. The van der Waals surface area contributed by atoms with Gasteiger partial charge < -0.3 is 9.32 Å². The van der Waals surface area contributed by atoms with Gasteiger partial charge >= 0.3 is 0 Å². The number of hydrogen-bond acceptors (Lipinski definition) is 5. The van der Waals surface area contributed by atoms with E-state index in [1.807, 2.05) is 22.9 Å². The molecule has 25 heavy (non-hydrogen) atoms. The fourth-order valence-electron chi connectivity index (χ4n) is 2.57. The van der Waals surface area contributed by atoms with E-state index in [1.165, 1.54) is 12.1 Å². The quantitative estimate of drug-likeness (QED) is 0.484. The summed E-state index contributed by atoms with van der Waals surface area (Å²) in [6, 6.07) is 9.99. The minimum atomic E-state index is -0.449. The van der Waals surface area contributed by atoms with Crippen molar-refractivity contribution in [1.82, 2.24) is 4.90 Å². The lowest BCUT2D eigenvalue weighted by molar-refractivity contribution is -0.385. The average molecular weight is 356 g/mol. The number of aryl methyl sites for hydroxylation is 1. The van der Waals surface area contributed by atoms with Gasteiger partial charge in [0.25, 0.3) is 11.6 Å². The SMILES string of the molecule is Cc1cc(C(=O)N(Cc2ccsc2)Cc2ccco2)ccc1[N+](=O)[O-]. The Kier molecular flexibility index (Phi) is 4.95. The molecule has 3 aromatic rings. The van der Waals surface area contributed by atoms with Gasteiger partial charge in [0.15, 0.2) is 0 Å². The predicted octanol–water partition coefficient (Wildman–Crippen LogP) is 4.40. The maximum atomic E-state index is 12.9. The Bertz CT molecular complexity index is 836. The first-order valence-corrected chi connectivity index (χ1v) is 8.56. The first kappa shape index (κ1) is 16.9.